The molecule has 4 heteroatoms. The maximum atomic E-state index is 6.98. The predicted octanol–water partition coefficient (Wildman–Crippen LogP) is 5.58. The van der Waals surface area contributed by atoms with E-state index in [1.165, 1.54) is 10.4 Å². The lowest BCUT2D eigenvalue weighted by Gasteiger charge is -2.43. The maximum absolute atomic E-state index is 6.98. The van der Waals surface area contributed by atoms with Gasteiger partial charge in [0.2, 0.25) is 0 Å². The predicted molar refractivity (Wildman–Crippen MR) is 128 cm³/mol. The van der Waals surface area contributed by atoms with E-state index in [2.05, 4.69) is 103 Å². The molecule has 3 aromatic rings. The lowest BCUT2D eigenvalue weighted by Crippen LogP contribution is -2.66. The van der Waals surface area contributed by atoms with Crippen molar-refractivity contribution < 1.29 is 9.16 Å². The number of ether oxygens (including phenoxy) is 1. The Labute approximate surface area is 184 Å². The van der Waals surface area contributed by atoms with Crippen molar-refractivity contribution in [1.82, 2.24) is 0 Å². The molecular weight excluding hydrogens is 440 g/mol. The third-order valence-electron chi connectivity index (χ3n) is 5.35. The van der Waals surface area contributed by atoms with Gasteiger partial charge in [-0.1, -0.05) is 97.4 Å². The molecule has 0 aliphatic carbocycles. The molecule has 0 unspecified atom stereocenters. The molecular formula is C25H29BrO2Si. The third kappa shape index (κ3) is 4.66. The van der Waals surface area contributed by atoms with Gasteiger partial charge in [0, 0.05) is 11.1 Å². The molecule has 0 saturated heterocycles. The van der Waals surface area contributed by atoms with Crippen LogP contribution in [0.3, 0.4) is 0 Å². The van der Waals surface area contributed by atoms with Gasteiger partial charge >= 0.3 is 0 Å². The van der Waals surface area contributed by atoms with Crippen molar-refractivity contribution in [3.05, 3.63) is 88.9 Å². The maximum Gasteiger partial charge on any atom is 0.261 e. The van der Waals surface area contributed by atoms with Gasteiger partial charge in [0.1, 0.15) is 5.75 Å². The molecule has 0 bridgehead atoms. The lowest BCUT2D eigenvalue weighted by molar-refractivity contribution is 0.299. The van der Waals surface area contributed by atoms with Gasteiger partial charge in [-0.25, -0.2) is 0 Å². The van der Waals surface area contributed by atoms with Crippen molar-refractivity contribution in [3.8, 4) is 5.75 Å². The number of hydrogen-bond donors (Lipinski definition) is 0. The summed E-state index contributed by atoms with van der Waals surface area (Å²) in [7, 11) is -0.779. The molecule has 0 aliphatic rings. The molecule has 2 nitrogen and oxygen atoms in total. The molecule has 3 rings (SSSR count). The van der Waals surface area contributed by atoms with E-state index in [1.807, 2.05) is 12.1 Å². The largest absolute Gasteiger partial charge is 0.496 e. The number of rotatable bonds is 7. The molecule has 0 amide bonds. The zero-order valence-corrected chi connectivity index (χ0v) is 20.2. The van der Waals surface area contributed by atoms with Crippen molar-refractivity contribution >= 4 is 34.6 Å². The topological polar surface area (TPSA) is 18.5 Å². The van der Waals surface area contributed by atoms with Crippen molar-refractivity contribution in [2.75, 3.05) is 13.7 Å². The minimum absolute atomic E-state index is 0.0168. The fraction of sp³-hybridized carbons (Fsp3) is 0.280. The Hall–Kier alpha value is -1.88. The highest BCUT2D eigenvalue weighted by Crippen LogP contribution is 2.37. The quantitative estimate of drug-likeness (QED) is 0.421. The molecule has 0 aromatic heterocycles. The molecule has 152 valence electrons. The minimum Gasteiger partial charge on any atom is -0.496 e. The zero-order chi connectivity index (χ0) is 20.9. The van der Waals surface area contributed by atoms with Crippen LogP contribution >= 0.6 is 15.9 Å². The molecule has 0 aliphatic heterocycles. The summed E-state index contributed by atoms with van der Waals surface area (Å²) >= 11 is 3.57. The Morgan fingerprint density at radius 3 is 1.86 bits per heavy atom. The summed E-state index contributed by atoms with van der Waals surface area (Å²) in [5.74, 6) is 0.902. The second-order valence-electron chi connectivity index (χ2n) is 8.22. The molecule has 0 spiro atoms. The van der Waals surface area contributed by atoms with E-state index in [0.717, 1.165) is 22.2 Å². The van der Waals surface area contributed by atoms with E-state index >= 15 is 0 Å². The Morgan fingerprint density at radius 2 is 1.38 bits per heavy atom. The van der Waals surface area contributed by atoms with Crippen LogP contribution in [-0.2, 0) is 10.8 Å². The Balaban J connectivity index is 1.99. The van der Waals surface area contributed by atoms with E-state index < -0.39 is 8.32 Å². The van der Waals surface area contributed by atoms with Crippen LogP contribution < -0.4 is 15.1 Å². The molecule has 0 radical (unpaired) electrons. The number of halogens is 1. The summed E-state index contributed by atoms with van der Waals surface area (Å²) in [6, 6.07) is 27.6. The molecule has 0 saturated carbocycles. The molecule has 0 N–H and O–H groups in total. The summed E-state index contributed by atoms with van der Waals surface area (Å²) in [6.07, 6.45) is 0.799. The van der Waals surface area contributed by atoms with E-state index in [1.54, 1.807) is 7.11 Å². The summed E-state index contributed by atoms with van der Waals surface area (Å²) in [6.45, 7) is 7.55. The van der Waals surface area contributed by atoms with Crippen molar-refractivity contribution in [1.29, 1.82) is 0 Å². The third-order valence-corrected chi connectivity index (χ3v) is 10.9. The van der Waals surface area contributed by atoms with Crippen LogP contribution in [0, 0.1) is 0 Å². The van der Waals surface area contributed by atoms with Crippen molar-refractivity contribution in [2.24, 2.45) is 0 Å². The fourth-order valence-electron chi connectivity index (χ4n) is 4.02. The Morgan fingerprint density at radius 1 is 0.828 bits per heavy atom. The summed E-state index contributed by atoms with van der Waals surface area (Å²) in [5.41, 5.74) is 1.15. The van der Waals surface area contributed by atoms with Gasteiger partial charge in [-0.3, -0.25) is 0 Å². The standard InChI is InChI=1S/C25H29BrO2Si/c1-25(2,3)29(22-11-7-5-8-12-22,23-13-9-6-10-14-23)28-18-17-20-19-21(26)15-16-24(20)27-4/h5-16,19H,17-18H2,1-4H3. The first-order chi connectivity index (χ1) is 13.9. The first-order valence-corrected chi connectivity index (χ1v) is 12.7. The molecule has 29 heavy (non-hydrogen) atoms. The fourth-order valence-corrected chi connectivity index (χ4v) is 8.99. The lowest BCUT2D eigenvalue weighted by atomic mass is 10.1. The van der Waals surface area contributed by atoms with E-state index in [4.69, 9.17) is 9.16 Å². The van der Waals surface area contributed by atoms with Crippen molar-refractivity contribution in [2.45, 2.75) is 32.2 Å². The monoisotopic (exact) mass is 468 g/mol. The van der Waals surface area contributed by atoms with Gasteiger partial charge in [-0.05, 0) is 45.6 Å². The average molecular weight is 469 g/mol. The van der Waals surface area contributed by atoms with Crippen LogP contribution in [0.5, 0.6) is 5.75 Å². The summed E-state index contributed by atoms with van der Waals surface area (Å²) in [4.78, 5) is 0. The van der Waals surface area contributed by atoms with Crippen LogP contribution in [0.2, 0.25) is 5.04 Å². The second-order valence-corrected chi connectivity index (χ2v) is 13.4. The van der Waals surface area contributed by atoms with Gasteiger partial charge in [-0.15, -0.1) is 0 Å². The van der Waals surface area contributed by atoms with Crippen LogP contribution in [0.15, 0.2) is 83.3 Å². The molecule has 0 fully saturated rings. The molecule has 0 heterocycles. The minimum atomic E-state index is -2.50. The second kappa shape index (κ2) is 9.29. The van der Waals surface area contributed by atoms with Crippen LogP contribution in [0.4, 0.5) is 0 Å². The highest BCUT2D eigenvalue weighted by Gasteiger charge is 2.49. The van der Waals surface area contributed by atoms with E-state index in [-0.39, 0.29) is 5.04 Å². The van der Waals surface area contributed by atoms with Gasteiger partial charge in [0.15, 0.2) is 0 Å². The Kier molecular flexibility index (Phi) is 6.99. The van der Waals surface area contributed by atoms with Gasteiger partial charge < -0.3 is 9.16 Å². The number of benzene rings is 3. The highest BCUT2D eigenvalue weighted by molar-refractivity contribution is 9.10. The number of methoxy groups -OCH3 is 1. The van der Waals surface area contributed by atoms with Crippen molar-refractivity contribution in [3.63, 3.8) is 0 Å². The van der Waals surface area contributed by atoms with E-state index in [9.17, 15) is 0 Å². The Bertz CT molecular complexity index is 881. The van der Waals surface area contributed by atoms with Gasteiger partial charge in [-0.2, -0.15) is 0 Å². The summed E-state index contributed by atoms with van der Waals surface area (Å²) in [5, 5.41) is 2.59. The first kappa shape index (κ1) is 21.8. The molecule has 3 aromatic carbocycles. The molecule has 0 atom stereocenters. The van der Waals surface area contributed by atoms with Crippen LogP contribution in [-0.4, -0.2) is 22.0 Å². The smallest absolute Gasteiger partial charge is 0.261 e. The number of hydrogen-bond acceptors (Lipinski definition) is 2. The van der Waals surface area contributed by atoms with Gasteiger partial charge in [0.25, 0.3) is 8.32 Å². The normalized spacial score (nSPS) is 12.0. The highest BCUT2D eigenvalue weighted by atomic mass is 79.9. The summed E-state index contributed by atoms with van der Waals surface area (Å²) < 4.78 is 13.6. The van der Waals surface area contributed by atoms with Crippen LogP contribution in [0.1, 0.15) is 26.3 Å². The van der Waals surface area contributed by atoms with E-state index in [0.29, 0.717) is 6.61 Å². The average Bonchev–Trinajstić information content (AvgIpc) is 2.72. The van der Waals surface area contributed by atoms with Crippen LogP contribution in [0.25, 0.3) is 0 Å². The zero-order valence-electron chi connectivity index (χ0n) is 17.6. The van der Waals surface area contributed by atoms with Gasteiger partial charge in [0.05, 0.1) is 7.11 Å². The SMILES string of the molecule is COc1ccc(Br)cc1CCO[Si](c1ccccc1)(c1ccccc1)C(C)(C)C. The first-order valence-electron chi connectivity index (χ1n) is 9.96.